The highest BCUT2D eigenvalue weighted by molar-refractivity contribution is 5.38. The third-order valence-corrected chi connectivity index (χ3v) is 4.02. The molecule has 0 saturated carbocycles. The summed E-state index contributed by atoms with van der Waals surface area (Å²) in [4.78, 5) is 0. The van der Waals surface area contributed by atoms with Gasteiger partial charge in [-0.2, -0.15) is 0 Å². The number of hydrogen-bond donors (Lipinski definition) is 1. The molecule has 0 fully saturated rings. The minimum absolute atomic E-state index is 0.0483. The van der Waals surface area contributed by atoms with E-state index in [0.717, 1.165) is 18.7 Å². The zero-order valence-electron chi connectivity index (χ0n) is 12.4. The maximum atomic E-state index is 13.4. The average Bonchev–Trinajstić information content (AvgIpc) is 2.81. The quantitative estimate of drug-likeness (QED) is 0.923. The highest BCUT2D eigenvalue weighted by atomic mass is 19.1. The Labute approximate surface area is 125 Å². The van der Waals surface area contributed by atoms with Gasteiger partial charge in [-0.3, -0.25) is 0 Å². The number of ether oxygens (including phenoxy) is 1. The molecular weight excluding hydrogens is 265 g/mol. The fourth-order valence-electron chi connectivity index (χ4n) is 2.99. The summed E-state index contributed by atoms with van der Waals surface area (Å²) >= 11 is 0. The molecule has 0 aliphatic heterocycles. The number of likely N-dealkylation sites (N-methyl/N-ethyl adjacent to an activating group) is 1. The minimum Gasteiger partial charge on any atom is -0.488 e. The predicted octanol–water partition coefficient (Wildman–Crippen LogP) is 3.79. The number of fused-ring (bicyclic) bond motifs is 1. The summed E-state index contributed by atoms with van der Waals surface area (Å²) < 4.78 is 19.5. The SMILES string of the molecule is CCNC1c2ccccc2CC1Oc1ccc(F)c(C)c1. The first-order valence-electron chi connectivity index (χ1n) is 7.43. The lowest BCUT2D eigenvalue weighted by Gasteiger charge is -2.23. The maximum Gasteiger partial charge on any atom is 0.126 e. The Morgan fingerprint density at radius 1 is 1.24 bits per heavy atom. The van der Waals surface area contributed by atoms with Gasteiger partial charge in [0.2, 0.25) is 0 Å². The summed E-state index contributed by atoms with van der Waals surface area (Å²) in [6, 6.07) is 13.6. The van der Waals surface area contributed by atoms with E-state index in [2.05, 4.69) is 36.5 Å². The van der Waals surface area contributed by atoms with Gasteiger partial charge in [0.25, 0.3) is 0 Å². The van der Waals surface area contributed by atoms with Gasteiger partial charge in [-0.15, -0.1) is 0 Å². The highest BCUT2D eigenvalue weighted by Crippen LogP contribution is 2.34. The van der Waals surface area contributed by atoms with Crippen LogP contribution in [0.4, 0.5) is 4.39 Å². The normalized spacial score (nSPS) is 20.3. The zero-order valence-corrected chi connectivity index (χ0v) is 12.4. The van der Waals surface area contributed by atoms with E-state index >= 15 is 0 Å². The number of halogens is 1. The van der Waals surface area contributed by atoms with Crippen LogP contribution in [-0.2, 0) is 6.42 Å². The molecule has 0 spiro atoms. The van der Waals surface area contributed by atoms with Crippen molar-refractivity contribution in [3.8, 4) is 5.75 Å². The molecule has 0 saturated heterocycles. The molecule has 3 rings (SSSR count). The second kappa shape index (κ2) is 5.86. The molecule has 0 heterocycles. The van der Waals surface area contributed by atoms with Crippen LogP contribution in [0.25, 0.3) is 0 Å². The van der Waals surface area contributed by atoms with Crippen molar-refractivity contribution < 1.29 is 9.13 Å². The van der Waals surface area contributed by atoms with Gasteiger partial charge in [0.1, 0.15) is 17.7 Å². The number of benzene rings is 2. The van der Waals surface area contributed by atoms with Gasteiger partial charge >= 0.3 is 0 Å². The second-order valence-corrected chi connectivity index (χ2v) is 5.51. The molecule has 110 valence electrons. The molecular formula is C18H20FNO. The van der Waals surface area contributed by atoms with Crippen LogP contribution in [0.1, 0.15) is 29.7 Å². The van der Waals surface area contributed by atoms with E-state index in [1.165, 1.54) is 17.2 Å². The van der Waals surface area contributed by atoms with E-state index in [4.69, 9.17) is 4.74 Å². The molecule has 0 amide bonds. The topological polar surface area (TPSA) is 21.3 Å². The lowest BCUT2D eigenvalue weighted by atomic mass is 10.1. The van der Waals surface area contributed by atoms with Crippen molar-refractivity contribution in [2.24, 2.45) is 0 Å². The van der Waals surface area contributed by atoms with E-state index in [1.54, 1.807) is 19.1 Å². The molecule has 1 N–H and O–H groups in total. The van der Waals surface area contributed by atoms with Gasteiger partial charge in [0.15, 0.2) is 0 Å². The first-order valence-corrected chi connectivity index (χ1v) is 7.43. The van der Waals surface area contributed by atoms with Crippen LogP contribution in [0.2, 0.25) is 0 Å². The van der Waals surface area contributed by atoms with Crippen molar-refractivity contribution in [2.45, 2.75) is 32.4 Å². The summed E-state index contributed by atoms with van der Waals surface area (Å²) in [5.41, 5.74) is 3.25. The molecule has 2 unspecified atom stereocenters. The van der Waals surface area contributed by atoms with Gasteiger partial charge in [-0.25, -0.2) is 4.39 Å². The van der Waals surface area contributed by atoms with Crippen LogP contribution in [0.15, 0.2) is 42.5 Å². The second-order valence-electron chi connectivity index (χ2n) is 5.51. The Morgan fingerprint density at radius 2 is 2.05 bits per heavy atom. The van der Waals surface area contributed by atoms with Crippen LogP contribution in [0.5, 0.6) is 5.75 Å². The minimum atomic E-state index is -0.194. The van der Waals surface area contributed by atoms with Crippen LogP contribution in [0, 0.1) is 12.7 Å². The standard InChI is InChI=1S/C18H20FNO/c1-3-20-18-15-7-5-4-6-13(15)11-17(18)21-14-8-9-16(19)12(2)10-14/h4-10,17-18,20H,3,11H2,1-2H3. The molecule has 0 bridgehead atoms. The van der Waals surface area contributed by atoms with Crippen LogP contribution >= 0.6 is 0 Å². The Bertz CT molecular complexity index is 641. The Kier molecular flexibility index (Phi) is 3.93. The largest absolute Gasteiger partial charge is 0.488 e. The fourth-order valence-corrected chi connectivity index (χ4v) is 2.99. The average molecular weight is 285 g/mol. The summed E-state index contributed by atoms with van der Waals surface area (Å²) in [6.07, 6.45) is 0.928. The molecule has 0 radical (unpaired) electrons. The van der Waals surface area contributed by atoms with Crippen LogP contribution in [0.3, 0.4) is 0 Å². The lowest BCUT2D eigenvalue weighted by Crippen LogP contribution is -2.32. The predicted molar refractivity (Wildman–Crippen MR) is 82.1 cm³/mol. The number of aryl methyl sites for hydroxylation is 1. The van der Waals surface area contributed by atoms with E-state index in [9.17, 15) is 4.39 Å². The summed E-state index contributed by atoms with van der Waals surface area (Å²) in [5.74, 6) is 0.537. The molecule has 21 heavy (non-hydrogen) atoms. The van der Waals surface area contributed by atoms with Gasteiger partial charge in [0.05, 0.1) is 6.04 Å². The number of nitrogens with one attached hydrogen (secondary N) is 1. The molecule has 0 aromatic heterocycles. The number of hydrogen-bond acceptors (Lipinski definition) is 2. The molecule has 2 aromatic rings. The van der Waals surface area contributed by atoms with E-state index in [-0.39, 0.29) is 18.0 Å². The van der Waals surface area contributed by atoms with Gasteiger partial charge in [0, 0.05) is 6.42 Å². The molecule has 2 nitrogen and oxygen atoms in total. The van der Waals surface area contributed by atoms with E-state index < -0.39 is 0 Å². The Balaban J connectivity index is 1.83. The zero-order chi connectivity index (χ0) is 14.8. The van der Waals surface area contributed by atoms with Crippen LogP contribution < -0.4 is 10.1 Å². The Hall–Kier alpha value is -1.87. The van der Waals surface area contributed by atoms with Crippen molar-refractivity contribution in [1.82, 2.24) is 5.32 Å². The Morgan fingerprint density at radius 3 is 2.81 bits per heavy atom. The smallest absolute Gasteiger partial charge is 0.126 e. The van der Waals surface area contributed by atoms with Crippen molar-refractivity contribution in [2.75, 3.05) is 6.54 Å². The van der Waals surface area contributed by atoms with Crippen molar-refractivity contribution in [1.29, 1.82) is 0 Å². The fraction of sp³-hybridized carbons (Fsp3) is 0.333. The molecule has 2 aromatic carbocycles. The molecule has 3 heteroatoms. The maximum absolute atomic E-state index is 13.4. The third-order valence-electron chi connectivity index (χ3n) is 4.02. The van der Waals surface area contributed by atoms with Gasteiger partial charge < -0.3 is 10.1 Å². The lowest BCUT2D eigenvalue weighted by molar-refractivity contribution is 0.167. The molecule has 2 atom stereocenters. The van der Waals surface area contributed by atoms with Crippen molar-refractivity contribution in [3.05, 3.63) is 65.0 Å². The van der Waals surface area contributed by atoms with Gasteiger partial charge in [-0.1, -0.05) is 31.2 Å². The van der Waals surface area contributed by atoms with Crippen molar-refractivity contribution in [3.63, 3.8) is 0 Å². The van der Waals surface area contributed by atoms with E-state index in [1.807, 2.05) is 0 Å². The molecule has 1 aliphatic rings. The summed E-state index contributed by atoms with van der Waals surface area (Å²) in [5, 5.41) is 3.50. The summed E-state index contributed by atoms with van der Waals surface area (Å²) in [6.45, 7) is 4.74. The highest BCUT2D eigenvalue weighted by Gasteiger charge is 2.33. The van der Waals surface area contributed by atoms with Crippen LogP contribution in [-0.4, -0.2) is 12.6 Å². The summed E-state index contributed by atoms with van der Waals surface area (Å²) in [7, 11) is 0. The number of rotatable bonds is 4. The van der Waals surface area contributed by atoms with Crippen molar-refractivity contribution >= 4 is 0 Å². The first kappa shape index (κ1) is 14.1. The third kappa shape index (κ3) is 2.79. The molecule has 1 aliphatic carbocycles. The van der Waals surface area contributed by atoms with E-state index in [0.29, 0.717) is 5.56 Å². The monoisotopic (exact) mass is 285 g/mol. The first-order chi connectivity index (χ1) is 10.2. The van der Waals surface area contributed by atoms with Gasteiger partial charge in [-0.05, 0) is 48.4 Å².